The predicted molar refractivity (Wildman–Crippen MR) is 85.3 cm³/mol. The first-order valence-electron chi connectivity index (χ1n) is 6.70. The lowest BCUT2D eigenvalue weighted by molar-refractivity contribution is 0.859. The number of halogens is 1. The Kier molecular flexibility index (Phi) is 2.99. The first-order chi connectivity index (χ1) is 9.09. The summed E-state index contributed by atoms with van der Waals surface area (Å²) in [6, 6.07) is 15.1. The Morgan fingerprint density at radius 1 is 0.895 bits per heavy atom. The molecule has 0 N–H and O–H groups in total. The molecule has 3 rings (SSSR count). The summed E-state index contributed by atoms with van der Waals surface area (Å²) in [5, 5.41) is 5.87. The standard InChI is InChI=1S/C18H17Cl/c1-11(2)17-12(3)10-16-14-7-5-4-6-13(14)8-9-15(16)18(17)19/h4-11H,1-3H3. The van der Waals surface area contributed by atoms with Gasteiger partial charge in [0.1, 0.15) is 0 Å². The molecule has 0 aliphatic heterocycles. The van der Waals surface area contributed by atoms with Crippen molar-refractivity contribution >= 4 is 33.1 Å². The molecule has 0 bridgehead atoms. The van der Waals surface area contributed by atoms with Crippen molar-refractivity contribution in [3.63, 3.8) is 0 Å². The van der Waals surface area contributed by atoms with Crippen LogP contribution in [0.1, 0.15) is 30.9 Å². The molecule has 0 spiro atoms. The van der Waals surface area contributed by atoms with Crippen molar-refractivity contribution in [3.8, 4) is 0 Å². The molecule has 0 aromatic heterocycles. The molecule has 0 heterocycles. The summed E-state index contributed by atoms with van der Waals surface area (Å²) in [6.07, 6.45) is 0. The summed E-state index contributed by atoms with van der Waals surface area (Å²) in [7, 11) is 0. The van der Waals surface area contributed by atoms with Gasteiger partial charge in [0.2, 0.25) is 0 Å². The van der Waals surface area contributed by atoms with Crippen LogP contribution in [0.15, 0.2) is 42.5 Å². The highest BCUT2D eigenvalue weighted by atomic mass is 35.5. The van der Waals surface area contributed by atoms with E-state index >= 15 is 0 Å². The Morgan fingerprint density at radius 2 is 1.63 bits per heavy atom. The molecule has 0 saturated heterocycles. The van der Waals surface area contributed by atoms with Crippen LogP contribution < -0.4 is 0 Å². The van der Waals surface area contributed by atoms with Crippen molar-refractivity contribution in [3.05, 3.63) is 58.6 Å². The molecule has 0 nitrogen and oxygen atoms in total. The number of aryl methyl sites for hydroxylation is 1. The highest BCUT2D eigenvalue weighted by Gasteiger charge is 2.13. The Balaban J connectivity index is 2.50. The molecule has 0 fully saturated rings. The van der Waals surface area contributed by atoms with Gasteiger partial charge in [-0.25, -0.2) is 0 Å². The normalized spacial score (nSPS) is 11.6. The molecule has 0 unspecified atom stereocenters. The Bertz CT molecular complexity index is 769. The minimum Gasteiger partial charge on any atom is -0.0833 e. The van der Waals surface area contributed by atoms with Crippen molar-refractivity contribution in [2.45, 2.75) is 26.7 Å². The van der Waals surface area contributed by atoms with Crippen molar-refractivity contribution in [2.24, 2.45) is 0 Å². The van der Waals surface area contributed by atoms with Crippen LogP contribution in [0.25, 0.3) is 21.5 Å². The largest absolute Gasteiger partial charge is 0.0833 e. The van der Waals surface area contributed by atoms with E-state index in [1.807, 2.05) is 0 Å². The van der Waals surface area contributed by atoms with Gasteiger partial charge in [-0.15, -0.1) is 0 Å². The van der Waals surface area contributed by atoms with Gasteiger partial charge in [0, 0.05) is 5.39 Å². The molecule has 3 aromatic rings. The second-order valence-electron chi connectivity index (χ2n) is 5.46. The van der Waals surface area contributed by atoms with Gasteiger partial charge < -0.3 is 0 Å². The van der Waals surface area contributed by atoms with E-state index in [2.05, 4.69) is 63.2 Å². The fourth-order valence-electron chi connectivity index (χ4n) is 2.96. The Labute approximate surface area is 119 Å². The average Bonchev–Trinajstić information content (AvgIpc) is 2.38. The van der Waals surface area contributed by atoms with Crippen LogP contribution >= 0.6 is 11.6 Å². The number of benzene rings is 3. The predicted octanol–water partition coefficient (Wildman–Crippen LogP) is 6.08. The Morgan fingerprint density at radius 3 is 2.37 bits per heavy atom. The second-order valence-corrected chi connectivity index (χ2v) is 5.84. The number of hydrogen-bond donors (Lipinski definition) is 0. The van der Waals surface area contributed by atoms with Crippen LogP contribution in [0.4, 0.5) is 0 Å². The number of rotatable bonds is 1. The molecule has 0 saturated carbocycles. The van der Waals surface area contributed by atoms with Crippen molar-refractivity contribution < 1.29 is 0 Å². The smallest absolute Gasteiger partial charge is 0.0521 e. The number of fused-ring (bicyclic) bond motifs is 3. The van der Waals surface area contributed by atoms with Crippen LogP contribution in [-0.2, 0) is 0 Å². The maximum absolute atomic E-state index is 6.64. The Hall–Kier alpha value is -1.53. The molecule has 0 radical (unpaired) electrons. The third kappa shape index (κ3) is 1.91. The molecule has 0 aliphatic carbocycles. The molecule has 3 aromatic carbocycles. The zero-order chi connectivity index (χ0) is 13.6. The van der Waals surface area contributed by atoms with Crippen LogP contribution in [0.5, 0.6) is 0 Å². The highest BCUT2D eigenvalue weighted by Crippen LogP contribution is 2.37. The maximum Gasteiger partial charge on any atom is 0.0521 e. The van der Waals surface area contributed by atoms with E-state index < -0.39 is 0 Å². The van der Waals surface area contributed by atoms with E-state index in [0.29, 0.717) is 5.92 Å². The van der Waals surface area contributed by atoms with Crippen LogP contribution in [0.2, 0.25) is 5.02 Å². The minimum absolute atomic E-state index is 0.448. The minimum atomic E-state index is 0.448. The quantitative estimate of drug-likeness (QED) is 0.469. The summed E-state index contributed by atoms with van der Waals surface area (Å²) in [4.78, 5) is 0. The summed E-state index contributed by atoms with van der Waals surface area (Å²) in [5.74, 6) is 0.448. The van der Waals surface area contributed by atoms with Gasteiger partial charge in [-0.1, -0.05) is 67.9 Å². The van der Waals surface area contributed by atoms with Crippen molar-refractivity contribution in [1.82, 2.24) is 0 Å². The maximum atomic E-state index is 6.64. The van der Waals surface area contributed by atoms with E-state index in [-0.39, 0.29) is 0 Å². The van der Waals surface area contributed by atoms with E-state index in [9.17, 15) is 0 Å². The fourth-order valence-corrected chi connectivity index (χ4v) is 3.50. The first kappa shape index (κ1) is 12.5. The molecular formula is C18H17Cl. The van der Waals surface area contributed by atoms with Crippen molar-refractivity contribution in [1.29, 1.82) is 0 Å². The molecule has 96 valence electrons. The van der Waals surface area contributed by atoms with Gasteiger partial charge in [0.25, 0.3) is 0 Å². The molecular weight excluding hydrogens is 252 g/mol. The number of hydrogen-bond acceptors (Lipinski definition) is 0. The molecule has 0 aliphatic rings. The topological polar surface area (TPSA) is 0 Å². The lowest BCUT2D eigenvalue weighted by atomic mass is 9.92. The second kappa shape index (κ2) is 4.54. The molecule has 0 amide bonds. The van der Waals surface area contributed by atoms with Gasteiger partial charge in [0.05, 0.1) is 5.02 Å². The fraction of sp³-hybridized carbons (Fsp3) is 0.222. The van der Waals surface area contributed by atoms with Gasteiger partial charge in [-0.2, -0.15) is 0 Å². The average molecular weight is 269 g/mol. The lowest BCUT2D eigenvalue weighted by Crippen LogP contribution is -1.95. The van der Waals surface area contributed by atoms with Gasteiger partial charge in [-0.3, -0.25) is 0 Å². The zero-order valence-electron chi connectivity index (χ0n) is 11.5. The summed E-state index contributed by atoms with van der Waals surface area (Å²) in [5.41, 5.74) is 2.55. The summed E-state index contributed by atoms with van der Waals surface area (Å²) in [6.45, 7) is 6.55. The lowest BCUT2D eigenvalue weighted by Gasteiger charge is -2.16. The van der Waals surface area contributed by atoms with E-state index in [0.717, 1.165) is 10.4 Å². The van der Waals surface area contributed by atoms with E-state index in [4.69, 9.17) is 11.6 Å². The van der Waals surface area contributed by atoms with Gasteiger partial charge in [-0.05, 0) is 40.1 Å². The van der Waals surface area contributed by atoms with Gasteiger partial charge in [0.15, 0.2) is 0 Å². The SMILES string of the molecule is Cc1cc2c(ccc3ccccc32)c(Cl)c1C(C)C. The zero-order valence-corrected chi connectivity index (χ0v) is 12.3. The van der Waals surface area contributed by atoms with Crippen molar-refractivity contribution in [2.75, 3.05) is 0 Å². The van der Waals surface area contributed by atoms with Crippen LogP contribution in [-0.4, -0.2) is 0 Å². The summed E-state index contributed by atoms with van der Waals surface area (Å²) >= 11 is 6.64. The van der Waals surface area contributed by atoms with E-state index in [1.54, 1.807) is 0 Å². The third-order valence-corrected chi connectivity index (χ3v) is 4.21. The van der Waals surface area contributed by atoms with Gasteiger partial charge >= 0.3 is 0 Å². The summed E-state index contributed by atoms with van der Waals surface area (Å²) < 4.78 is 0. The highest BCUT2D eigenvalue weighted by molar-refractivity contribution is 6.37. The first-order valence-corrected chi connectivity index (χ1v) is 7.08. The molecule has 1 heteroatoms. The van der Waals surface area contributed by atoms with Crippen LogP contribution in [0, 0.1) is 6.92 Å². The van der Waals surface area contributed by atoms with Crippen LogP contribution in [0.3, 0.4) is 0 Å². The van der Waals surface area contributed by atoms with E-state index in [1.165, 1.54) is 27.3 Å². The monoisotopic (exact) mass is 268 g/mol. The third-order valence-electron chi connectivity index (χ3n) is 3.81. The molecule has 0 atom stereocenters. The molecule has 19 heavy (non-hydrogen) atoms.